The summed E-state index contributed by atoms with van der Waals surface area (Å²) in [6.07, 6.45) is 1.32. The molecule has 158 valence electrons. The second-order valence-corrected chi connectivity index (χ2v) is 8.43. The highest BCUT2D eigenvalue weighted by molar-refractivity contribution is 7.19. The van der Waals surface area contributed by atoms with E-state index in [-0.39, 0.29) is 11.3 Å². The molecule has 0 bridgehead atoms. The lowest BCUT2D eigenvalue weighted by molar-refractivity contribution is 0.100. The molecule has 1 N–H and O–H groups in total. The van der Waals surface area contributed by atoms with Crippen molar-refractivity contribution in [1.29, 1.82) is 0 Å². The van der Waals surface area contributed by atoms with E-state index in [1.807, 2.05) is 67.6 Å². The number of carbonyl (C=O) groups excluding carboxylic acids is 1. The maximum atomic E-state index is 13.3. The lowest BCUT2D eigenvalue weighted by Gasteiger charge is -2.07. The summed E-state index contributed by atoms with van der Waals surface area (Å²) in [4.78, 5) is 36.5. The van der Waals surface area contributed by atoms with Gasteiger partial charge in [0.25, 0.3) is 11.5 Å². The third-order valence-electron chi connectivity index (χ3n) is 5.11. The van der Waals surface area contributed by atoms with Crippen molar-refractivity contribution in [2.24, 2.45) is 0 Å². The summed E-state index contributed by atoms with van der Waals surface area (Å²) in [6, 6.07) is 19.0. The van der Waals surface area contributed by atoms with Gasteiger partial charge in [-0.15, -0.1) is 11.3 Å². The number of nitrogens with zero attached hydrogens (tertiary/aromatic N) is 3. The molecule has 0 aliphatic carbocycles. The molecule has 2 aromatic carbocycles. The normalized spacial score (nSPS) is 11.1. The van der Waals surface area contributed by atoms with E-state index in [4.69, 9.17) is 4.42 Å². The fourth-order valence-corrected chi connectivity index (χ4v) is 4.61. The van der Waals surface area contributed by atoms with Crippen LogP contribution in [0.15, 0.2) is 76.2 Å². The Balaban J connectivity index is 1.53. The topological polar surface area (TPSA) is 90.0 Å². The van der Waals surface area contributed by atoms with Crippen molar-refractivity contribution in [3.05, 3.63) is 93.7 Å². The first-order valence-corrected chi connectivity index (χ1v) is 10.7. The molecule has 0 aliphatic heterocycles. The van der Waals surface area contributed by atoms with E-state index in [0.717, 1.165) is 26.2 Å². The summed E-state index contributed by atoms with van der Waals surface area (Å²) in [7, 11) is 0. The minimum Gasteiger partial charge on any atom is -0.441 e. The minimum atomic E-state index is -0.551. The molecule has 0 saturated heterocycles. The van der Waals surface area contributed by atoms with Crippen molar-refractivity contribution in [1.82, 2.24) is 14.6 Å². The average Bonchev–Trinajstić information content (AvgIpc) is 3.37. The number of benzene rings is 2. The molecule has 7 nitrogen and oxygen atoms in total. The van der Waals surface area contributed by atoms with Crippen LogP contribution in [0, 0.1) is 13.8 Å². The molecule has 0 atom stereocenters. The monoisotopic (exact) mass is 442 g/mol. The maximum Gasteiger partial charge on any atom is 0.292 e. The highest BCUT2D eigenvalue weighted by atomic mass is 32.1. The zero-order valence-electron chi connectivity index (χ0n) is 17.3. The third kappa shape index (κ3) is 3.40. The zero-order chi connectivity index (χ0) is 22.2. The first-order chi connectivity index (χ1) is 15.5. The van der Waals surface area contributed by atoms with Gasteiger partial charge in [0.05, 0.1) is 5.39 Å². The predicted molar refractivity (Wildman–Crippen MR) is 124 cm³/mol. The highest BCUT2D eigenvalue weighted by Gasteiger charge is 2.21. The van der Waals surface area contributed by atoms with Gasteiger partial charge in [0, 0.05) is 16.0 Å². The average molecular weight is 443 g/mol. The van der Waals surface area contributed by atoms with Gasteiger partial charge in [-0.1, -0.05) is 48.5 Å². The number of fused-ring (bicyclic) bond motifs is 1. The molecule has 0 saturated carbocycles. The summed E-state index contributed by atoms with van der Waals surface area (Å²) in [5, 5.41) is 0.475. The van der Waals surface area contributed by atoms with Gasteiger partial charge in [-0.05, 0) is 31.5 Å². The third-order valence-corrected chi connectivity index (χ3v) is 6.12. The molecule has 32 heavy (non-hydrogen) atoms. The van der Waals surface area contributed by atoms with Gasteiger partial charge in [-0.3, -0.25) is 15.0 Å². The number of hydrogen-bond acceptors (Lipinski definition) is 6. The van der Waals surface area contributed by atoms with Gasteiger partial charge in [0.2, 0.25) is 5.89 Å². The van der Waals surface area contributed by atoms with Gasteiger partial charge in [0.15, 0.2) is 5.69 Å². The summed E-state index contributed by atoms with van der Waals surface area (Å²) in [5.74, 6) is 0.152. The zero-order valence-corrected chi connectivity index (χ0v) is 18.1. The van der Waals surface area contributed by atoms with Crippen LogP contribution in [0.4, 0.5) is 0 Å². The molecule has 5 rings (SSSR count). The van der Waals surface area contributed by atoms with Crippen molar-refractivity contribution in [2.45, 2.75) is 13.8 Å². The van der Waals surface area contributed by atoms with Crippen molar-refractivity contribution in [3.8, 4) is 22.6 Å². The fraction of sp³-hybridized carbons (Fsp3) is 0.0833. The number of hydrogen-bond donors (Lipinski definition) is 1. The van der Waals surface area contributed by atoms with E-state index in [0.29, 0.717) is 21.9 Å². The molecular formula is C24H18N4O3S. The van der Waals surface area contributed by atoms with E-state index >= 15 is 0 Å². The number of amides is 1. The van der Waals surface area contributed by atoms with Crippen LogP contribution < -0.4 is 11.0 Å². The number of nitrogens with one attached hydrogen (secondary N) is 1. The Hall–Kier alpha value is -4.04. The van der Waals surface area contributed by atoms with Crippen LogP contribution in [0.2, 0.25) is 0 Å². The summed E-state index contributed by atoms with van der Waals surface area (Å²) in [5.41, 5.74) is 4.88. The predicted octanol–water partition coefficient (Wildman–Crippen LogP) is 4.78. The molecule has 0 spiro atoms. The smallest absolute Gasteiger partial charge is 0.292 e. The van der Waals surface area contributed by atoms with Crippen molar-refractivity contribution >= 4 is 27.5 Å². The molecule has 0 radical (unpaired) electrons. The molecule has 0 fully saturated rings. The van der Waals surface area contributed by atoms with Crippen LogP contribution >= 0.6 is 11.3 Å². The molecule has 8 heteroatoms. The Morgan fingerprint density at radius 2 is 1.66 bits per heavy atom. The second-order valence-electron chi connectivity index (χ2n) is 7.23. The van der Waals surface area contributed by atoms with Gasteiger partial charge in [-0.25, -0.2) is 14.6 Å². The van der Waals surface area contributed by atoms with E-state index in [2.05, 4.69) is 15.4 Å². The molecule has 0 aliphatic rings. The first-order valence-electron chi connectivity index (χ1n) is 9.93. The van der Waals surface area contributed by atoms with E-state index in [1.165, 1.54) is 17.7 Å². The van der Waals surface area contributed by atoms with Crippen molar-refractivity contribution in [2.75, 3.05) is 5.43 Å². The van der Waals surface area contributed by atoms with Crippen molar-refractivity contribution in [3.63, 3.8) is 0 Å². The number of oxazole rings is 1. The second kappa shape index (κ2) is 7.90. The Labute approximate surface area is 187 Å². The minimum absolute atomic E-state index is 0.112. The lowest BCUT2D eigenvalue weighted by Crippen LogP contribution is -2.33. The summed E-state index contributed by atoms with van der Waals surface area (Å²) >= 11 is 1.45. The van der Waals surface area contributed by atoms with E-state index < -0.39 is 5.91 Å². The largest absolute Gasteiger partial charge is 0.441 e. The molecular weight excluding hydrogens is 424 g/mol. The molecule has 5 aromatic rings. The summed E-state index contributed by atoms with van der Waals surface area (Å²) < 4.78 is 6.76. The van der Waals surface area contributed by atoms with Crippen molar-refractivity contribution < 1.29 is 9.21 Å². The van der Waals surface area contributed by atoms with E-state index in [9.17, 15) is 9.59 Å². The van der Waals surface area contributed by atoms with Crippen LogP contribution in [0.1, 0.15) is 21.1 Å². The van der Waals surface area contributed by atoms with Crippen LogP contribution in [-0.2, 0) is 0 Å². The van der Waals surface area contributed by atoms with Gasteiger partial charge in [0.1, 0.15) is 16.9 Å². The first kappa shape index (κ1) is 19.9. The number of carbonyl (C=O) groups is 1. The number of rotatable bonds is 4. The van der Waals surface area contributed by atoms with Crippen LogP contribution in [0.3, 0.4) is 0 Å². The summed E-state index contributed by atoms with van der Waals surface area (Å²) in [6.45, 7) is 3.62. The molecule has 1 amide bonds. The van der Waals surface area contributed by atoms with Crippen LogP contribution in [0.5, 0.6) is 0 Å². The Bertz CT molecular complexity index is 1500. The maximum absolute atomic E-state index is 13.3. The number of aryl methyl sites for hydroxylation is 2. The Kier molecular flexibility index (Phi) is 4.91. The van der Waals surface area contributed by atoms with E-state index in [1.54, 1.807) is 6.92 Å². The van der Waals surface area contributed by atoms with Gasteiger partial charge < -0.3 is 4.42 Å². The molecule has 3 aromatic heterocycles. The molecule has 0 unspecified atom stereocenters. The lowest BCUT2D eigenvalue weighted by atomic mass is 10.0. The highest BCUT2D eigenvalue weighted by Crippen LogP contribution is 2.35. The number of aromatic nitrogens is 3. The van der Waals surface area contributed by atoms with Gasteiger partial charge in [-0.2, -0.15) is 0 Å². The van der Waals surface area contributed by atoms with Gasteiger partial charge >= 0.3 is 0 Å². The van der Waals surface area contributed by atoms with Crippen LogP contribution in [-0.4, -0.2) is 20.6 Å². The number of thiophene rings is 1. The quantitative estimate of drug-likeness (QED) is 0.433. The SMILES string of the molecule is Cc1oc(-c2ccccc2)nc1C(=O)Nn1cnc2sc(C)c(-c3ccccc3)c2c1=O. The fourth-order valence-electron chi connectivity index (χ4n) is 3.61. The standard InChI is InChI=1S/C24H18N4O3S/c1-14-20(26-22(31-14)17-11-7-4-8-12-17)21(29)27-28-13-25-23-19(24(28)30)18(15(2)32-23)16-9-5-3-6-10-16/h3-13H,1-2H3,(H,27,29). The Morgan fingerprint density at radius 3 is 2.34 bits per heavy atom. The molecule has 3 heterocycles. The van der Waals surface area contributed by atoms with Crippen LogP contribution in [0.25, 0.3) is 32.8 Å². The Morgan fingerprint density at radius 1 is 1.00 bits per heavy atom.